The Labute approximate surface area is 149 Å². The molecule has 0 spiro atoms. The van der Waals surface area contributed by atoms with Crippen molar-refractivity contribution >= 4 is 28.8 Å². The van der Waals surface area contributed by atoms with Crippen molar-refractivity contribution in [1.82, 2.24) is 9.55 Å². The van der Waals surface area contributed by atoms with E-state index in [4.69, 9.17) is 4.74 Å². The summed E-state index contributed by atoms with van der Waals surface area (Å²) in [7, 11) is 0. The van der Waals surface area contributed by atoms with Crippen molar-refractivity contribution in [3.05, 3.63) is 63.9 Å². The highest BCUT2D eigenvalue weighted by Gasteiger charge is 2.24. The largest absolute Gasteiger partial charge is 0.462 e. The van der Waals surface area contributed by atoms with E-state index in [1.54, 1.807) is 19.1 Å². The molecule has 0 saturated heterocycles. The van der Waals surface area contributed by atoms with Crippen LogP contribution < -0.4 is 5.43 Å². The van der Waals surface area contributed by atoms with Gasteiger partial charge in [0.25, 0.3) is 0 Å². The van der Waals surface area contributed by atoms with E-state index in [1.807, 2.05) is 48.1 Å². The molecular weight excluding hydrogens is 336 g/mol. The van der Waals surface area contributed by atoms with E-state index >= 15 is 0 Å². The summed E-state index contributed by atoms with van der Waals surface area (Å²) in [5.41, 5.74) is 1.87. The van der Waals surface area contributed by atoms with E-state index in [0.717, 1.165) is 11.4 Å². The molecule has 0 amide bonds. The molecule has 0 atom stereocenters. The summed E-state index contributed by atoms with van der Waals surface area (Å²) in [6.45, 7) is 3.80. The number of carbonyl (C=O) groups excluding carboxylic acids is 1. The van der Waals surface area contributed by atoms with Gasteiger partial charge >= 0.3 is 5.97 Å². The normalized spacial score (nSPS) is 10.8. The van der Waals surface area contributed by atoms with Crippen molar-refractivity contribution in [1.29, 1.82) is 0 Å². The minimum Gasteiger partial charge on any atom is -0.462 e. The number of fused-ring (bicyclic) bond motifs is 1. The third-order valence-electron chi connectivity index (χ3n) is 3.80. The second-order valence-electron chi connectivity index (χ2n) is 5.43. The van der Waals surface area contributed by atoms with Gasteiger partial charge in [-0.3, -0.25) is 9.36 Å². The second-order valence-corrected chi connectivity index (χ2v) is 6.22. The smallest absolute Gasteiger partial charge is 0.344 e. The van der Waals surface area contributed by atoms with Crippen LogP contribution in [0, 0.1) is 6.92 Å². The number of nitrogens with zero attached hydrogens (tertiary/aromatic N) is 2. The Morgan fingerprint density at radius 3 is 2.56 bits per heavy atom. The highest BCUT2D eigenvalue weighted by atomic mass is 32.2. The molecule has 5 nitrogen and oxygen atoms in total. The fourth-order valence-electron chi connectivity index (χ4n) is 2.72. The number of rotatable bonds is 4. The fourth-order valence-corrected chi connectivity index (χ4v) is 3.48. The highest BCUT2D eigenvalue weighted by molar-refractivity contribution is 7.98. The monoisotopic (exact) mass is 354 g/mol. The van der Waals surface area contributed by atoms with Gasteiger partial charge in [-0.15, -0.1) is 11.8 Å². The van der Waals surface area contributed by atoms with Crippen molar-refractivity contribution in [3.63, 3.8) is 0 Å². The van der Waals surface area contributed by atoms with Gasteiger partial charge < -0.3 is 4.74 Å². The van der Waals surface area contributed by atoms with Crippen LogP contribution in [0.2, 0.25) is 0 Å². The van der Waals surface area contributed by atoms with Gasteiger partial charge in [-0.05, 0) is 44.4 Å². The first-order valence-electron chi connectivity index (χ1n) is 7.91. The molecule has 0 bridgehead atoms. The number of hydrogen-bond acceptors (Lipinski definition) is 5. The molecule has 0 aliphatic rings. The standard InChI is InChI=1S/C19H18N2O3S/c1-4-24-19(23)15-16(22)14-11-10-12(2)20-17(14)21(18(15)25-3)13-8-6-5-7-9-13/h5-11H,4H2,1-3H3. The van der Waals surface area contributed by atoms with Crippen LogP contribution in [0.3, 0.4) is 0 Å². The predicted octanol–water partition coefficient (Wildman–Crippen LogP) is 3.59. The molecule has 128 valence electrons. The van der Waals surface area contributed by atoms with Crippen LogP contribution in [0.25, 0.3) is 16.7 Å². The molecule has 0 aliphatic carbocycles. The Hall–Kier alpha value is -2.60. The van der Waals surface area contributed by atoms with Gasteiger partial charge in [-0.1, -0.05) is 18.2 Å². The fraction of sp³-hybridized carbons (Fsp3) is 0.211. The van der Waals surface area contributed by atoms with Crippen LogP contribution in [0.4, 0.5) is 0 Å². The van der Waals surface area contributed by atoms with Gasteiger partial charge in [-0.2, -0.15) is 0 Å². The Morgan fingerprint density at radius 2 is 1.92 bits per heavy atom. The number of hydrogen-bond donors (Lipinski definition) is 0. The van der Waals surface area contributed by atoms with Gasteiger partial charge in [0.1, 0.15) is 11.2 Å². The van der Waals surface area contributed by atoms with E-state index in [-0.39, 0.29) is 17.6 Å². The number of aromatic nitrogens is 2. The van der Waals surface area contributed by atoms with Crippen molar-refractivity contribution in [2.75, 3.05) is 12.9 Å². The maximum atomic E-state index is 13.0. The summed E-state index contributed by atoms with van der Waals surface area (Å²) in [4.78, 5) is 30.0. The van der Waals surface area contributed by atoms with Crippen LogP contribution in [0.15, 0.2) is 52.3 Å². The molecular formula is C19H18N2O3S. The number of benzene rings is 1. The highest BCUT2D eigenvalue weighted by Crippen LogP contribution is 2.27. The Morgan fingerprint density at radius 1 is 1.20 bits per heavy atom. The number of esters is 1. The van der Waals surface area contributed by atoms with Crippen LogP contribution in [-0.2, 0) is 4.74 Å². The molecule has 0 N–H and O–H groups in total. The lowest BCUT2D eigenvalue weighted by molar-refractivity contribution is 0.0519. The molecule has 0 radical (unpaired) electrons. The summed E-state index contributed by atoms with van der Waals surface area (Å²) in [5.74, 6) is -0.607. The Kier molecular flexibility index (Phi) is 4.90. The predicted molar refractivity (Wildman–Crippen MR) is 99.8 cm³/mol. The molecule has 0 fully saturated rings. The molecule has 2 heterocycles. The van der Waals surface area contributed by atoms with E-state index in [0.29, 0.717) is 16.1 Å². The molecule has 0 unspecified atom stereocenters. The van der Waals surface area contributed by atoms with E-state index in [2.05, 4.69) is 4.98 Å². The van der Waals surface area contributed by atoms with Crippen molar-refractivity contribution in [2.45, 2.75) is 18.9 Å². The zero-order valence-electron chi connectivity index (χ0n) is 14.3. The van der Waals surface area contributed by atoms with Gasteiger partial charge in [-0.25, -0.2) is 9.78 Å². The number of ether oxygens (including phenoxy) is 1. The molecule has 1 aromatic carbocycles. The summed E-state index contributed by atoms with van der Waals surface area (Å²) >= 11 is 1.33. The Bertz CT molecular complexity index is 997. The second kappa shape index (κ2) is 7.11. The lowest BCUT2D eigenvalue weighted by Crippen LogP contribution is -2.23. The van der Waals surface area contributed by atoms with Gasteiger partial charge in [0.05, 0.1) is 17.0 Å². The van der Waals surface area contributed by atoms with Crippen molar-refractivity contribution < 1.29 is 9.53 Å². The lowest BCUT2D eigenvalue weighted by Gasteiger charge is -2.18. The summed E-state index contributed by atoms with van der Waals surface area (Å²) < 4.78 is 6.98. The molecule has 3 rings (SSSR count). The van der Waals surface area contributed by atoms with Crippen LogP contribution in [0.1, 0.15) is 23.0 Å². The van der Waals surface area contributed by atoms with E-state index in [9.17, 15) is 9.59 Å². The minimum absolute atomic E-state index is 0.0522. The molecule has 0 aliphatic heterocycles. The number of pyridine rings is 2. The summed E-state index contributed by atoms with van der Waals surface area (Å²) in [6.07, 6.45) is 1.83. The lowest BCUT2D eigenvalue weighted by atomic mass is 10.1. The van der Waals surface area contributed by atoms with E-state index in [1.165, 1.54) is 11.8 Å². The third-order valence-corrected chi connectivity index (χ3v) is 4.58. The zero-order chi connectivity index (χ0) is 18.0. The topological polar surface area (TPSA) is 61.2 Å². The first-order chi connectivity index (χ1) is 12.1. The molecule has 3 aromatic rings. The maximum absolute atomic E-state index is 13.0. The molecule has 0 saturated carbocycles. The summed E-state index contributed by atoms with van der Waals surface area (Å²) in [6, 6.07) is 13.1. The molecule has 6 heteroatoms. The van der Waals surface area contributed by atoms with Gasteiger partial charge in [0.2, 0.25) is 5.43 Å². The number of para-hydroxylation sites is 1. The maximum Gasteiger partial charge on any atom is 0.344 e. The summed E-state index contributed by atoms with van der Waals surface area (Å²) in [5, 5.41) is 0.926. The first-order valence-corrected chi connectivity index (χ1v) is 9.13. The minimum atomic E-state index is -0.607. The number of thioether (sulfide) groups is 1. The van der Waals surface area contributed by atoms with Gasteiger partial charge in [0.15, 0.2) is 0 Å². The van der Waals surface area contributed by atoms with Crippen LogP contribution >= 0.6 is 11.8 Å². The SMILES string of the molecule is CCOC(=O)c1c(SC)n(-c2ccccc2)c2nc(C)ccc2c1=O. The number of aryl methyl sites for hydroxylation is 1. The van der Waals surface area contributed by atoms with Crippen LogP contribution in [-0.4, -0.2) is 28.4 Å². The van der Waals surface area contributed by atoms with Crippen molar-refractivity contribution in [2.24, 2.45) is 0 Å². The van der Waals surface area contributed by atoms with Gasteiger partial charge in [0, 0.05) is 11.4 Å². The first kappa shape index (κ1) is 17.2. The Balaban J connectivity index is 2.50. The van der Waals surface area contributed by atoms with Crippen molar-refractivity contribution in [3.8, 4) is 5.69 Å². The molecule has 25 heavy (non-hydrogen) atoms. The average Bonchev–Trinajstić information content (AvgIpc) is 2.62. The van der Waals surface area contributed by atoms with Crippen LogP contribution in [0.5, 0.6) is 0 Å². The zero-order valence-corrected chi connectivity index (χ0v) is 15.1. The third kappa shape index (κ3) is 3.05. The quantitative estimate of drug-likeness (QED) is 0.529. The number of carbonyl (C=O) groups is 1. The average molecular weight is 354 g/mol. The van der Waals surface area contributed by atoms with E-state index < -0.39 is 5.97 Å². The molecule has 2 aromatic heterocycles.